The number of anilines is 1. The van der Waals surface area contributed by atoms with Gasteiger partial charge in [0.1, 0.15) is 7.85 Å². The lowest BCUT2D eigenvalue weighted by molar-refractivity contribution is -0.136. The van der Waals surface area contributed by atoms with Gasteiger partial charge in [-0.2, -0.15) is 13.2 Å². The van der Waals surface area contributed by atoms with Gasteiger partial charge in [0.15, 0.2) is 0 Å². The highest BCUT2D eigenvalue weighted by molar-refractivity contribution is 6.38. The van der Waals surface area contributed by atoms with Crippen LogP contribution >= 0.6 is 11.6 Å². The van der Waals surface area contributed by atoms with Gasteiger partial charge in [-0.05, 0) is 12.1 Å². The first-order chi connectivity index (χ1) is 5.82. The normalized spacial score (nSPS) is 11.7. The van der Waals surface area contributed by atoms with Crippen molar-refractivity contribution in [1.29, 1.82) is 0 Å². The van der Waals surface area contributed by atoms with E-state index in [1.165, 1.54) is 6.07 Å². The van der Waals surface area contributed by atoms with Crippen LogP contribution in [-0.4, -0.2) is 7.85 Å². The summed E-state index contributed by atoms with van der Waals surface area (Å²) in [5.74, 6) is 0. The number of nitrogens with two attached hydrogens (primary N) is 1. The van der Waals surface area contributed by atoms with E-state index in [-0.39, 0.29) is 10.5 Å². The lowest BCUT2D eigenvalue weighted by Crippen LogP contribution is -2.18. The van der Waals surface area contributed by atoms with Gasteiger partial charge in [0, 0.05) is 10.7 Å². The quantitative estimate of drug-likeness (QED) is 0.507. The molecule has 0 aliphatic heterocycles. The van der Waals surface area contributed by atoms with Crippen molar-refractivity contribution in [2.24, 2.45) is 0 Å². The standard InChI is InChI=1S/C7H4BClF3N/c8-5-2-3(9)1-4(6(5)13)7(10,11)12/h1-2H,13H2. The van der Waals surface area contributed by atoms with Crippen LogP contribution in [0.5, 0.6) is 0 Å². The number of nitrogen functional groups attached to an aromatic ring is 1. The molecule has 2 N–H and O–H groups in total. The second-order valence-electron chi connectivity index (χ2n) is 2.45. The molecule has 0 aliphatic carbocycles. The Morgan fingerprint density at radius 3 is 2.31 bits per heavy atom. The van der Waals surface area contributed by atoms with Crippen LogP contribution in [0.2, 0.25) is 5.02 Å². The largest absolute Gasteiger partial charge is 0.418 e. The Hall–Kier alpha value is -0.835. The van der Waals surface area contributed by atoms with E-state index in [0.29, 0.717) is 0 Å². The molecule has 0 spiro atoms. The predicted octanol–water partition coefficient (Wildman–Crippen LogP) is 1.73. The van der Waals surface area contributed by atoms with E-state index in [9.17, 15) is 13.2 Å². The molecule has 0 atom stereocenters. The predicted molar refractivity (Wildman–Crippen MR) is 46.3 cm³/mol. The summed E-state index contributed by atoms with van der Waals surface area (Å²) in [4.78, 5) is 0. The van der Waals surface area contributed by atoms with Crippen LogP contribution in [0, 0.1) is 0 Å². The van der Waals surface area contributed by atoms with E-state index in [1.807, 2.05) is 0 Å². The van der Waals surface area contributed by atoms with Gasteiger partial charge in [0.05, 0.1) is 5.56 Å². The Morgan fingerprint density at radius 2 is 1.85 bits per heavy atom. The third kappa shape index (κ3) is 2.09. The molecule has 0 bridgehead atoms. The number of rotatable bonds is 0. The molecule has 1 aromatic rings. The summed E-state index contributed by atoms with van der Waals surface area (Å²) in [5, 5.41) is -0.0842. The van der Waals surface area contributed by atoms with Crippen molar-refractivity contribution < 1.29 is 13.2 Å². The van der Waals surface area contributed by atoms with Gasteiger partial charge in [-0.25, -0.2) is 0 Å². The zero-order valence-electron chi connectivity index (χ0n) is 6.32. The Kier molecular flexibility index (Phi) is 2.48. The molecule has 6 heteroatoms. The summed E-state index contributed by atoms with van der Waals surface area (Å²) in [6.45, 7) is 0. The van der Waals surface area contributed by atoms with E-state index in [2.05, 4.69) is 0 Å². The molecule has 0 unspecified atom stereocenters. The fraction of sp³-hybridized carbons (Fsp3) is 0.143. The second kappa shape index (κ2) is 3.14. The highest BCUT2D eigenvalue weighted by Gasteiger charge is 2.33. The van der Waals surface area contributed by atoms with E-state index in [0.717, 1.165) is 6.07 Å². The monoisotopic (exact) mass is 205 g/mol. The van der Waals surface area contributed by atoms with Crippen LogP contribution in [0.25, 0.3) is 0 Å². The first kappa shape index (κ1) is 10.2. The van der Waals surface area contributed by atoms with Crippen LogP contribution in [0.15, 0.2) is 12.1 Å². The lowest BCUT2D eigenvalue weighted by Gasteiger charge is -2.12. The summed E-state index contributed by atoms with van der Waals surface area (Å²) in [6, 6.07) is 1.92. The molecule has 0 aliphatic rings. The third-order valence-electron chi connectivity index (χ3n) is 1.48. The fourth-order valence-corrected chi connectivity index (χ4v) is 1.10. The molecule has 1 aromatic carbocycles. The minimum Gasteiger partial charge on any atom is -0.399 e. The molecule has 0 saturated heterocycles. The van der Waals surface area contributed by atoms with Crippen molar-refractivity contribution in [2.45, 2.75) is 6.18 Å². The van der Waals surface area contributed by atoms with E-state index >= 15 is 0 Å². The Labute approximate surface area is 79.1 Å². The molecule has 13 heavy (non-hydrogen) atoms. The average Bonchev–Trinajstić information content (AvgIpc) is 1.94. The van der Waals surface area contributed by atoms with E-state index in [4.69, 9.17) is 25.2 Å². The first-order valence-electron chi connectivity index (χ1n) is 3.24. The van der Waals surface area contributed by atoms with Crippen LogP contribution in [0.3, 0.4) is 0 Å². The maximum Gasteiger partial charge on any atom is 0.418 e. The minimum atomic E-state index is -4.52. The summed E-state index contributed by atoms with van der Waals surface area (Å²) in [6.07, 6.45) is -4.52. The molecule has 0 fully saturated rings. The number of benzene rings is 1. The van der Waals surface area contributed by atoms with Gasteiger partial charge in [-0.1, -0.05) is 17.1 Å². The number of hydrogen-bond acceptors (Lipinski definition) is 1. The van der Waals surface area contributed by atoms with Crippen molar-refractivity contribution in [2.75, 3.05) is 5.73 Å². The second-order valence-corrected chi connectivity index (χ2v) is 2.89. The van der Waals surface area contributed by atoms with Gasteiger partial charge >= 0.3 is 6.18 Å². The van der Waals surface area contributed by atoms with Crippen LogP contribution in [0.4, 0.5) is 18.9 Å². The Morgan fingerprint density at radius 1 is 1.31 bits per heavy atom. The lowest BCUT2D eigenvalue weighted by atomic mass is 9.91. The average molecular weight is 205 g/mol. The Balaban J connectivity index is 3.37. The molecule has 0 saturated carbocycles. The highest BCUT2D eigenvalue weighted by atomic mass is 35.5. The van der Waals surface area contributed by atoms with Crippen molar-refractivity contribution >= 4 is 30.6 Å². The van der Waals surface area contributed by atoms with Crippen molar-refractivity contribution in [3.8, 4) is 0 Å². The third-order valence-corrected chi connectivity index (χ3v) is 1.70. The van der Waals surface area contributed by atoms with E-state index in [1.54, 1.807) is 0 Å². The van der Waals surface area contributed by atoms with Gasteiger partial charge in [-0.15, -0.1) is 0 Å². The van der Waals surface area contributed by atoms with Gasteiger partial charge < -0.3 is 5.73 Å². The molecular formula is C7H4BClF3N. The molecule has 0 amide bonds. The van der Waals surface area contributed by atoms with Crippen molar-refractivity contribution in [1.82, 2.24) is 0 Å². The first-order valence-corrected chi connectivity index (χ1v) is 3.62. The zero-order valence-corrected chi connectivity index (χ0v) is 7.08. The van der Waals surface area contributed by atoms with Gasteiger partial charge in [0.2, 0.25) is 0 Å². The molecule has 1 nitrogen and oxygen atoms in total. The van der Waals surface area contributed by atoms with Gasteiger partial charge in [0.25, 0.3) is 0 Å². The number of halogens is 4. The topological polar surface area (TPSA) is 26.0 Å². The Bertz CT molecular complexity index is 337. The van der Waals surface area contributed by atoms with Gasteiger partial charge in [-0.3, -0.25) is 0 Å². The van der Waals surface area contributed by atoms with Crippen LogP contribution in [-0.2, 0) is 6.18 Å². The molecule has 0 aromatic heterocycles. The van der Waals surface area contributed by atoms with Crippen LogP contribution in [0.1, 0.15) is 5.56 Å². The van der Waals surface area contributed by atoms with Crippen molar-refractivity contribution in [3.63, 3.8) is 0 Å². The zero-order chi connectivity index (χ0) is 10.2. The molecule has 0 heterocycles. The fourth-order valence-electron chi connectivity index (χ4n) is 0.874. The molecule has 68 valence electrons. The van der Waals surface area contributed by atoms with E-state index < -0.39 is 17.4 Å². The maximum absolute atomic E-state index is 12.2. The molecular weight excluding hydrogens is 201 g/mol. The summed E-state index contributed by atoms with van der Waals surface area (Å²) in [5.41, 5.74) is 3.48. The summed E-state index contributed by atoms with van der Waals surface area (Å²) in [7, 11) is 5.21. The molecule has 1 rings (SSSR count). The number of hydrogen-bond donors (Lipinski definition) is 1. The minimum absolute atomic E-state index is 0.0842. The van der Waals surface area contributed by atoms with Crippen molar-refractivity contribution in [3.05, 3.63) is 22.7 Å². The SMILES string of the molecule is [B]c1cc(Cl)cc(C(F)(F)F)c1N. The number of alkyl halides is 3. The van der Waals surface area contributed by atoms with Crippen LogP contribution < -0.4 is 11.2 Å². The maximum atomic E-state index is 12.2. The smallest absolute Gasteiger partial charge is 0.399 e. The molecule has 2 radical (unpaired) electrons. The summed E-state index contributed by atoms with van der Waals surface area (Å²) < 4.78 is 36.6. The summed E-state index contributed by atoms with van der Waals surface area (Å²) >= 11 is 5.39. The highest BCUT2D eigenvalue weighted by Crippen LogP contribution is 2.33.